The van der Waals surface area contributed by atoms with Crippen molar-refractivity contribution >= 4 is 17.4 Å². The Balaban J connectivity index is 2.67. The Labute approximate surface area is 111 Å². The highest BCUT2D eigenvalue weighted by atomic mass is 35.5. The fourth-order valence-corrected chi connectivity index (χ4v) is 1.76. The highest BCUT2D eigenvalue weighted by molar-refractivity contribution is 6.34. The van der Waals surface area contributed by atoms with E-state index in [4.69, 9.17) is 32.4 Å². The molecule has 4 N–H and O–H groups in total. The molecule has 0 unspecified atom stereocenters. The molecule has 0 atom stereocenters. The van der Waals surface area contributed by atoms with Crippen molar-refractivity contribution < 1.29 is 15.1 Å². The van der Waals surface area contributed by atoms with Gasteiger partial charge in [-0.25, -0.2) is 0 Å². The summed E-state index contributed by atoms with van der Waals surface area (Å²) < 4.78 is 5.55. The number of rotatable bonds is 7. The monoisotopic (exact) mass is 272 g/mol. The van der Waals surface area contributed by atoms with Crippen LogP contribution >= 0.6 is 11.6 Å². The lowest BCUT2D eigenvalue weighted by Gasteiger charge is -2.11. The first-order valence-electron chi connectivity index (χ1n) is 5.70. The maximum Gasteiger partial charge on any atom is 0.175 e. The quantitative estimate of drug-likeness (QED) is 0.233. The molecule has 0 heterocycles. The molecular weight excluding hydrogens is 256 g/mol. The van der Waals surface area contributed by atoms with Gasteiger partial charge in [-0.2, -0.15) is 0 Å². The summed E-state index contributed by atoms with van der Waals surface area (Å²) in [5.74, 6) is 0.410. The van der Waals surface area contributed by atoms with Crippen LogP contribution in [0.5, 0.6) is 5.75 Å². The van der Waals surface area contributed by atoms with Crippen LogP contribution in [-0.2, 0) is 0 Å². The molecule has 1 rings (SSSR count). The van der Waals surface area contributed by atoms with Crippen LogP contribution in [0.2, 0.25) is 5.02 Å². The van der Waals surface area contributed by atoms with E-state index in [0.717, 1.165) is 19.3 Å². The summed E-state index contributed by atoms with van der Waals surface area (Å²) >= 11 is 5.98. The molecule has 0 saturated heterocycles. The largest absolute Gasteiger partial charge is 0.493 e. The van der Waals surface area contributed by atoms with Crippen LogP contribution in [0.15, 0.2) is 23.4 Å². The zero-order valence-electron chi connectivity index (χ0n) is 9.97. The lowest BCUT2D eigenvalue weighted by molar-refractivity contribution is 0.266. The number of hydrogen-bond donors (Lipinski definition) is 3. The number of nitrogens with zero attached hydrogens (tertiary/aromatic N) is 1. The second kappa shape index (κ2) is 7.79. The SMILES string of the molecule is N/C(=N/O)c1c(Cl)cccc1OCCCCCO. The Morgan fingerprint density at radius 3 is 2.78 bits per heavy atom. The molecule has 1 aromatic rings. The molecule has 0 bridgehead atoms. The molecule has 0 saturated carbocycles. The highest BCUT2D eigenvalue weighted by Gasteiger charge is 2.12. The van der Waals surface area contributed by atoms with E-state index in [-0.39, 0.29) is 12.4 Å². The topological polar surface area (TPSA) is 88.1 Å². The number of aliphatic hydroxyl groups excluding tert-OH is 1. The molecule has 0 aliphatic carbocycles. The van der Waals surface area contributed by atoms with Gasteiger partial charge in [-0.1, -0.05) is 22.8 Å². The maximum atomic E-state index is 8.70. The molecule has 0 spiro atoms. The number of aliphatic hydroxyl groups is 1. The van der Waals surface area contributed by atoms with Gasteiger partial charge in [0.25, 0.3) is 0 Å². The summed E-state index contributed by atoms with van der Waals surface area (Å²) in [4.78, 5) is 0. The van der Waals surface area contributed by atoms with Gasteiger partial charge in [-0.05, 0) is 31.4 Å². The minimum Gasteiger partial charge on any atom is -0.493 e. The first-order valence-corrected chi connectivity index (χ1v) is 6.08. The normalized spacial score (nSPS) is 11.6. The average Bonchev–Trinajstić information content (AvgIpc) is 2.38. The average molecular weight is 273 g/mol. The summed E-state index contributed by atoms with van der Waals surface area (Å²) in [7, 11) is 0. The minimum absolute atomic E-state index is 0.0778. The van der Waals surface area contributed by atoms with E-state index >= 15 is 0 Å². The van der Waals surface area contributed by atoms with Crippen molar-refractivity contribution in [2.24, 2.45) is 10.9 Å². The van der Waals surface area contributed by atoms with Gasteiger partial charge < -0.3 is 20.8 Å². The molecule has 100 valence electrons. The predicted molar refractivity (Wildman–Crippen MR) is 70.4 cm³/mol. The zero-order valence-corrected chi connectivity index (χ0v) is 10.7. The molecule has 0 amide bonds. The van der Waals surface area contributed by atoms with Gasteiger partial charge in [0.2, 0.25) is 0 Å². The molecule has 0 fully saturated rings. The molecule has 0 aromatic heterocycles. The molecule has 6 heteroatoms. The third kappa shape index (κ3) is 4.09. The van der Waals surface area contributed by atoms with Crippen LogP contribution < -0.4 is 10.5 Å². The number of halogens is 1. The third-order valence-electron chi connectivity index (χ3n) is 2.40. The summed E-state index contributed by atoms with van der Waals surface area (Å²) in [5, 5.41) is 20.7. The van der Waals surface area contributed by atoms with Crippen molar-refractivity contribution in [3.63, 3.8) is 0 Å². The predicted octanol–water partition coefficient (Wildman–Crippen LogP) is 1.98. The van der Waals surface area contributed by atoms with Gasteiger partial charge in [0.1, 0.15) is 5.75 Å². The first kappa shape index (κ1) is 14.6. The van der Waals surface area contributed by atoms with E-state index in [1.807, 2.05) is 0 Å². The van der Waals surface area contributed by atoms with Crippen molar-refractivity contribution in [3.8, 4) is 5.75 Å². The summed E-state index contributed by atoms with van der Waals surface area (Å²) in [6.45, 7) is 0.679. The molecular formula is C12H17ClN2O3. The Bertz CT molecular complexity index is 410. The summed E-state index contributed by atoms with van der Waals surface area (Å²) in [5.41, 5.74) is 5.94. The minimum atomic E-state index is -0.0778. The molecule has 0 aliphatic heterocycles. The van der Waals surface area contributed by atoms with E-state index in [2.05, 4.69) is 5.16 Å². The first-order chi connectivity index (χ1) is 8.70. The van der Waals surface area contributed by atoms with Crippen molar-refractivity contribution in [2.45, 2.75) is 19.3 Å². The second-order valence-electron chi connectivity index (χ2n) is 3.73. The van der Waals surface area contributed by atoms with Crippen LogP contribution in [0.4, 0.5) is 0 Å². The van der Waals surface area contributed by atoms with Crippen molar-refractivity contribution in [1.29, 1.82) is 0 Å². The van der Waals surface area contributed by atoms with E-state index in [1.165, 1.54) is 0 Å². The number of oxime groups is 1. The van der Waals surface area contributed by atoms with Crippen molar-refractivity contribution in [2.75, 3.05) is 13.2 Å². The Kier molecular flexibility index (Phi) is 6.32. The molecule has 1 aromatic carbocycles. The smallest absolute Gasteiger partial charge is 0.175 e. The van der Waals surface area contributed by atoms with Gasteiger partial charge in [0, 0.05) is 6.61 Å². The van der Waals surface area contributed by atoms with Crippen molar-refractivity contribution in [1.82, 2.24) is 0 Å². The van der Waals surface area contributed by atoms with Crippen LogP contribution in [0, 0.1) is 0 Å². The van der Waals surface area contributed by atoms with Gasteiger partial charge in [-0.3, -0.25) is 0 Å². The summed E-state index contributed by atoms with van der Waals surface area (Å²) in [6, 6.07) is 5.10. The molecule has 0 radical (unpaired) electrons. The number of amidine groups is 1. The van der Waals surface area contributed by atoms with E-state index in [9.17, 15) is 0 Å². The Hall–Kier alpha value is -1.46. The van der Waals surface area contributed by atoms with E-state index < -0.39 is 0 Å². The highest BCUT2D eigenvalue weighted by Crippen LogP contribution is 2.26. The third-order valence-corrected chi connectivity index (χ3v) is 2.71. The fourth-order valence-electron chi connectivity index (χ4n) is 1.50. The standard InChI is InChI=1S/C12H17ClN2O3/c13-9-5-4-6-10(11(9)12(14)15-17)18-8-3-1-2-7-16/h4-6,16-17H,1-3,7-8H2,(H2,14,15). The number of benzene rings is 1. The maximum absolute atomic E-state index is 8.70. The number of hydrogen-bond acceptors (Lipinski definition) is 4. The van der Waals surface area contributed by atoms with E-state index in [1.54, 1.807) is 18.2 Å². The van der Waals surface area contributed by atoms with Crippen LogP contribution in [0.25, 0.3) is 0 Å². The molecule has 18 heavy (non-hydrogen) atoms. The Morgan fingerprint density at radius 2 is 2.11 bits per heavy atom. The summed E-state index contributed by atoms with van der Waals surface area (Å²) in [6.07, 6.45) is 2.46. The lowest BCUT2D eigenvalue weighted by Crippen LogP contribution is -2.15. The number of ether oxygens (including phenoxy) is 1. The van der Waals surface area contributed by atoms with E-state index in [0.29, 0.717) is 22.9 Å². The van der Waals surface area contributed by atoms with Gasteiger partial charge >= 0.3 is 0 Å². The van der Waals surface area contributed by atoms with Crippen LogP contribution in [0.1, 0.15) is 24.8 Å². The molecule has 0 aliphatic rings. The number of nitrogens with two attached hydrogens (primary N) is 1. The lowest BCUT2D eigenvalue weighted by atomic mass is 10.2. The number of unbranched alkanes of at least 4 members (excludes halogenated alkanes) is 2. The second-order valence-corrected chi connectivity index (χ2v) is 4.14. The zero-order chi connectivity index (χ0) is 13.4. The molecule has 5 nitrogen and oxygen atoms in total. The van der Waals surface area contributed by atoms with Crippen LogP contribution in [-0.4, -0.2) is 29.4 Å². The fraction of sp³-hybridized carbons (Fsp3) is 0.417. The van der Waals surface area contributed by atoms with Gasteiger partial charge in [-0.15, -0.1) is 0 Å². The van der Waals surface area contributed by atoms with Crippen LogP contribution in [0.3, 0.4) is 0 Å². The van der Waals surface area contributed by atoms with Gasteiger partial charge in [0.15, 0.2) is 5.84 Å². The van der Waals surface area contributed by atoms with Crippen molar-refractivity contribution in [3.05, 3.63) is 28.8 Å². The van der Waals surface area contributed by atoms with Gasteiger partial charge in [0.05, 0.1) is 17.2 Å². The Morgan fingerprint density at radius 1 is 1.33 bits per heavy atom.